The van der Waals surface area contributed by atoms with E-state index in [0.717, 1.165) is 19.0 Å². The molecule has 0 amide bonds. The molecule has 23 heavy (non-hydrogen) atoms. The first-order valence-corrected chi connectivity index (χ1v) is 7.07. The first kappa shape index (κ1) is 14.6. The third-order valence-electron chi connectivity index (χ3n) is 3.69. The predicted molar refractivity (Wildman–Crippen MR) is 73.5 cm³/mol. The molecule has 0 unspecified atom stereocenters. The summed E-state index contributed by atoms with van der Waals surface area (Å²) in [5, 5.41) is 28.9. The minimum atomic E-state index is -2.34. The molecular weight excluding hydrogens is 310 g/mol. The van der Waals surface area contributed by atoms with Gasteiger partial charge in [-0.05, 0) is 18.9 Å². The summed E-state index contributed by atoms with van der Waals surface area (Å²) >= 11 is 0. The van der Waals surface area contributed by atoms with Gasteiger partial charge < -0.3 is 19.7 Å². The smallest absolute Gasteiger partial charge is 0.351 e. The van der Waals surface area contributed by atoms with Crippen molar-refractivity contribution in [3.8, 4) is 0 Å². The lowest BCUT2D eigenvalue weighted by Crippen LogP contribution is -2.36. The summed E-state index contributed by atoms with van der Waals surface area (Å²) in [4.78, 5) is 26.9. The van der Waals surface area contributed by atoms with E-state index >= 15 is 0 Å². The largest absolute Gasteiger partial charge is 0.463 e. The number of carbonyl (C=O) groups is 1. The molecule has 2 heterocycles. The molecule has 2 fully saturated rings. The lowest BCUT2D eigenvalue weighted by Gasteiger charge is -2.17. The summed E-state index contributed by atoms with van der Waals surface area (Å²) < 4.78 is 19.2. The maximum absolute atomic E-state index is 11.9. The second kappa shape index (κ2) is 6.24. The molecule has 0 aromatic carbocycles. The molecule has 126 valence electrons. The fraction of sp³-hybridized carbons (Fsp3) is 0.615. The van der Waals surface area contributed by atoms with E-state index in [9.17, 15) is 19.8 Å². The fourth-order valence-electron chi connectivity index (χ4n) is 2.21. The predicted octanol–water partition coefficient (Wildman–Crippen LogP) is -1.38. The van der Waals surface area contributed by atoms with E-state index in [4.69, 9.17) is 16.1 Å². The quantitative estimate of drug-likeness (QED) is 0.379. The van der Waals surface area contributed by atoms with Crippen LogP contribution in [0.4, 0.5) is 5.82 Å². The Morgan fingerprint density at radius 1 is 1.52 bits per heavy atom. The molecule has 3 rings (SSSR count). The van der Waals surface area contributed by atoms with Gasteiger partial charge in [-0.2, -0.15) is 4.98 Å². The van der Waals surface area contributed by atoms with Gasteiger partial charge in [-0.3, -0.25) is 20.0 Å². The van der Waals surface area contributed by atoms with Crippen LogP contribution < -0.4 is 11.2 Å². The highest BCUT2D eigenvalue weighted by molar-refractivity contribution is 5.74. The first-order chi connectivity index (χ1) is 11.4. The number of rotatable bonds is 5. The number of hydrogen-bond acceptors (Lipinski definition) is 9. The summed E-state index contributed by atoms with van der Waals surface area (Å²) in [5.74, 6) is -0.706. The highest BCUT2D eigenvalue weighted by Gasteiger charge is 2.45. The van der Waals surface area contributed by atoms with Gasteiger partial charge in [0, 0.05) is 6.20 Å². The standard InChI is InChI=1S/C13H17N3O7/c17-9-7(5-22-12(19)6-1-2-6)23-11(10(9)18)16-4-3-8(15-21)14-13(16)20/h3-4,6-7,9-11,17-18,21H,1-2,5H2,(H,14,15,20)/t7-,9-,10-,11-/m1/s1/i11D. The third-order valence-corrected chi connectivity index (χ3v) is 3.69. The second-order valence-electron chi connectivity index (χ2n) is 5.41. The van der Waals surface area contributed by atoms with Crippen molar-refractivity contribution in [2.75, 3.05) is 12.1 Å². The van der Waals surface area contributed by atoms with E-state index in [1.54, 1.807) is 5.48 Å². The van der Waals surface area contributed by atoms with Gasteiger partial charge in [0.05, 0.1) is 7.29 Å². The van der Waals surface area contributed by atoms with Crippen LogP contribution in [0.15, 0.2) is 17.1 Å². The number of ether oxygens (including phenoxy) is 2. The van der Waals surface area contributed by atoms with Crippen molar-refractivity contribution < 1.29 is 31.1 Å². The van der Waals surface area contributed by atoms with Crippen molar-refractivity contribution in [2.24, 2.45) is 5.92 Å². The third kappa shape index (κ3) is 3.20. The van der Waals surface area contributed by atoms with E-state index < -0.39 is 36.2 Å². The van der Waals surface area contributed by atoms with Crippen LogP contribution in [-0.2, 0) is 14.3 Å². The molecule has 10 nitrogen and oxygen atoms in total. The number of nitrogens with one attached hydrogen (secondary N) is 1. The highest BCUT2D eigenvalue weighted by Crippen LogP contribution is 2.32. The van der Waals surface area contributed by atoms with Gasteiger partial charge in [0.15, 0.2) is 12.0 Å². The molecule has 1 saturated carbocycles. The van der Waals surface area contributed by atoms with E-state index in [0.29, 0.717) is 4.57 Å². The molecule has 0 radical (unpaired) electrons. The number of hydrogen-bond donors (Lipinski definition) is 4. The van der Waals surface area contributed by atoms with Crippen LogP contribution in [0.3, 0.4) is 0 Å². The van der Waals surface area contributed by atoms with Crippen molar-refractivity contribution in [3.05, 3.63) is 22.7 Å². The van der Waals surface area contributed by atoms with Gasteiger partial charge in [0.1, 0.15) is 24.9 Å². The first-order valence-electron chi connectivity index (χ1n) is 7.57. The number of nitrogens with zero attached hydrogens (tertiary/aromatic N) is 2. The SMILES string of the molecule is [2H][C@@]1(n2ccc(NO)nc2=O)O[C@H](COC(=O)C2CC2)[C@@H](O)[C@H]1O. The normalized spacial score (nSPS) is 34.0. The van der Waals surface area contributed by atoms with Crippen molar-refractivity contribution in [3.63, 3.8) is 0 Å². The van der Waals surface area contributed by atoms with Crippen molar-refractivity contribution in [1.82, 2.24) is 9.55 Å². The van der Waals surface area contributed by atoms with Crippen LogP contribution in [-0.4, -0.2) is 55.9 Å². The minimum absolute atomic E-state index is 0.139. The molecule has 10 heteroatoms. The number of anilines is 1. The minimum Gasteiger partial charge on any atom is -0.463 e. The van der Waals surface area contributed by atoms with Crippen molar-refractivity contribution in [2.45, 2.75) is 37.4 Å². The van der Waals surface area contributed by atoms with Gasteiger partial charge >= 0.3 is 11.7 Å². The topological polar surface area (TPSA) is 143 Å². The van der Waals surface area contributed by atoms with E-state index in [1.807, 2.05) is 0 Å². The number of esters is 1. The van der Waals surface area contributed by atoms with Crippen molar-refractivity contribution in [1.29, 1.82) is 0 Å². The zero-order valence-corrected chi connectivity index (χ0v) is 12.0. The summed E-state index contributed by atoms with van der Waals surface area (Å²) in [6.07, 6.45) is -4.22. The highest BCUT2D eigenvalue weighted by atomic mass is 16.6. The summed E-state index contributed by atoms with van der Waals surface area (Å²) in [6, 6.07) is 1.18. The molecule has 0 bridgehead atoms. The maximum atomic E-state index is 11.9. The zero-order chi connectivity index (χ0) is 17.5. The van der Waals surface area contributed by atoms with Crippen molar-refractivity contribution >= 4 is 11.8 Å². The molecule has 1 aromatic rings. The van der Waals surface area contributed by atoms with Crippen LogP contribution in [0.25, 0.3) is 0 Å². The van der Waals surface area contributed by atoms with E-state index in [2.05, 4.69) is 4.98 Å². The van der Waals surface area contributed by atoms with Crippen LogP contribution >= 0.6 is 0 Å². The Kier molecular flexibility index (Phi) is 3.95. The van der Waals surface area contributed by atoms with E-state index in [1.165, 1.54) is 6.07 Å². The lowest BCUT2D eigenvalue weighted by molar-refractivity contribution is -0.151. The Morgan fingerprint density at radius 3 is 2.87 bits per heavy atom. The van der Waals surface area contributed by atoms with Gasteiger partial charge in [0.2, 0.25) is 0 Å². The number of aliphatic hydroxyl groups is 2. The van der Waals surface area contributed by atoms with Crippen LogP contribution in [0.1, 0.15) is 20.4 Å². The molecule has 1 aromatic heterocycles. The molecular formula is C13H17N3O7. The zero-order valence-electron chi connectivity index (χ0n) is 13.0. The fourth-order valence-corrected chi connectivity index (χ4v) is 2.21. The lowest BCUT2D eigenvalue weighted by atomic mass is 10.1. The number of carbonyl (C=O) groups excluding carboxylic acids is 1. The monoisotopic (exact) mass is 328 g/mol. The average molecular weight is 328 g/mol. The van der Waals surface area contributed by atoms with Crippen LogP contribution in [0.5, 0.6) is 0 Å². The Morgan fingerprint density at radius 2 is 2.26 bits per heavy atom. The van der Waals surface area contributed by atoms with Gasteiger partial charge in [0.25, 0.3) is 0 Å². The Labute approximate surface area is 131 Å². The molecule has 4 atom stereocenters. The molecule has 0 spiro atoms. The summed E-state index contributed by atoms with van der Waals surface area (Å²) in [6.45, 7) is -0.341. The average Bonchev–Trinajstić information content (AvgIpc) is 3.38. The molecule has 1 aliphatic heterocycles. The Bertz CT molecular complexity index is 694. The summed E-state index contributed by atoms with van der Waals surface area (Å²) in [7, 11) is 0. The van der Waals surface area contributed by atoms with Gasteiger partial charge in [-0.25, -0.2) is 4.79 Å². The second-order valence-corrected chi connectivity index (χ2v) is 5.41. The van der Waals surface area contributed by atoms with E-state index in [-0.39, 0.29) is 18.3 Å². The molecule has 2 aliphatic rings. The Balaban J connectivity index is 1.77. The van der Waals surface area contributed by atoms with Crippen LogP contribution in [0, 0.1) is 5.92 Å². The summed E-state index contributed by atoms with van der Waals surface area (Å²) in [5.41, 5.74) is 0.700. The molecule has 1 saturated heterocycles. The van der Waals surface area contributed by atoms with Gasteiger partial charge in [-0.15, -0.1) is 0 Å². The van der Waals surface area contributed by atoms with Gasteiger partial charge in [-0.1, -0.05) is 0 Å². The Hall–Kier alpha value is -2.01. The molecule has 4 N–H and O–H groups in total. The number of aliphatic hydroxyl groups excluding tert-OH is 2. The van der Waals surface area contributed by atoms with Crippen LogP contribution in [0.2, 0.25) is 0 Å². The molecule has 1 aliphatic carbocycles. The number of aromatic nitrogens is 2. The maximum Gasteiger partial charge on any atom is 0.351 e.